The Morgan fingerprint density at radius 1 is 1.11 bits per heavy atom. The van der Waals surface area contributed by atoms with Gasteiger partial charge >= 0.3 is 0 Å². The zero-order chi connectivity index (χ0) is 24.2. The zero-order valence-corrected chi connectivity index (χ0v) is 21.9. The highest BCUT2D eigenvalue weighted by Gasteiger charge is 2.58. The Morgan fingerprint density at radius 3 is 2.60 bits per heavy atom. The number of likely N-dealkylation sites (tertiary alicyclic amines) is 1. The minimum atomic E-state index is 0.0966. The highest BCUT2D eigenvalue weighted by molar-refractivity contribution is 6.32. The monoisotopic (exact) mass is 495 g/mol. The van der Waals surface area contributed by atoms with Crippen molar-refractivity contribution in [3.63, 3.8) is 0 Å². The highest BCUT2D eigenvalue weighted by Crippen LogP contribution is 2.59. The van der Waals surface area contributed by atoms with E-state index in [0.717, 1.165) is 80.1 Å². The molecule has 1 aromatic carbocycles. The van der Waals surface area contributed by atoms with Gasteiger partial charge in [-0.05, 0) is 111 Å². The second-order valence-corrected chi connectivity index (χ2v) is 12.3. The molecule has 1 spiro atoms. The summed E-state index contributed by atoms with van der Waals surface area (Å²) in [5.74, 6) is 2.10. The number of benzene rings is 1. The summed E-state index contributed by atoms with van der Waals surface area (Å²) in [5, 5.41) is 6.06. The Kier molecular flexibility index (Phi) is 6.10. The number of ether oxygens (including phenoxy) is 1. The molecule has 0 bridgehead atoms. The molecular formula is C29H38ClN3O2. The van der Waals surface area contributed by atoms with Gasteiger partial charge in [-0.15, -0.1) is 0 Å². The minimum absolute atomic E-state index is 0.0966. The molecule has 35 heavy (non-hydrogen) atoms. The normalized spacial score (nSPS) is 31.2. The number of halogens is 1. The number of nitrogens with zero attached hydrogens (tertiary/aromatic N) is 2. The maximum absolute atomic E-state index is 12.9. The molecule has 3 unspecified atom stereocenters. The van der Waals surface area contributed by atoms with Crippen molar-refractivity contribution in [2.45, 2.75) is 76.7 Å². The van der Waals surface area contributed by atoms with Gasteiger partial charge in [-0.2, -0.15) is 0 Å². The molecule has 6 heteroatoms. The van der Waals surface area contributed by atoms with Gasteiger partial charge in [-0.3, -0.25) is 9.69 Å². The van der Waals surface area contributed by atoms with Gasteiger partial charge in [0.1, 0.15) is 5.82 Å². The summed E-state index contributed by atoms with van der Waals surface area (Å²) < 4.78 is 5.49. The van der Waals surface area contributed by atoms with E-state index in [1.54, 1.807) is 0 Å². The zero-order valence-electron chi connectivity index (χ0n) is 21.1. The number of hydrogen-bond acceptors (Lipinski definition) is 4. The van der Waals surface area contributed by atoms with Gasteiger partial charge in [-0.1, -0.05) is 24.9 Å². The summed E-state index contributed by atoms with van der Waals surface area (Å²) in [6.45, 7) is 8.74. The van der Waals surface area contributed by atoms with Crippen molar-refractivity contribution in [1.29, 1.82) is 0 Å². The number of nitrogens with one attached hydrogen (secondary N) is 1. The molecule has 188 valence electrons. The lowest BCUT2D eigenvalue weighted by Gasteiger charge is -2.46. The number of hydrogen-bond donors (Lipinski definition) is 1. The van der Waals surface area contributed by atoms with E-state index in [-0.39, 0.29) is 17.2 Å². The molecule has 1 amide bonds. The van der Waals surface area contributed by atoms with Gasteiger partial charge in [0.15, 0.2) is 0 Å². The fourth-order valence-corrected chi connectivity index (χ4v) is 7.65. The highest BCUT2D eigenvalue weighted by atomic mass is 35.5. The molecular weight excluding hydrogens is 458 g/mol. The van der Waals surface area contributed by atoms with Gasteiger partial charge < -0.3 is 10.1 Å². The molecule has 2 saturated carbocycles. The predicted octanol–water partition coefficient (Wildman–Crippen LogP) is 6.40. The third-order valence-corrected chi connectivity index (χ3v) is 10.4. The van der Waals surface area contributed by atoms with Crippen LogP contribution < -0.4 is 5.32 Å². The number of carbonyl (C=O) groups excluding carboxylic acids is 1. The van der Waals surface area contributed by atoms with E-state index in [0.29, 0.717) is 17.3 Å². The summed E-state index contributed by atoms with van der Waals surface area (Å²) >= 11 is 6.79. The van der Waals surface area contributed by atoms with Crippen LogP contribution in [0, 0.1) is 17.3 Å². The number of aromatic nitrogens is 1. The molecule has 5 nitrogen and oxygen atoms in total. The van der Waals surface area contributed by atoms with Crippen molar-refractivity contribution in [3.05, 3.63) is 35.0 Å². The maximum Gasteiger partial charge on any atom is 0.229 e. The van der Waals surface area contributed by atoms with Crippen LogP contribution >= 0.6 is 11.6 Å². The molecule has 6 rings (SSSR count). The SMILES string of the molecule is CC1CCCC1(C)N1CCC(c2cc3cc(NC(=O)C4CC45CCOCC5)ncc3cc2Cl)CC1. The number of piperidine rings is 1. The maximum atomic E-state index is 12.9. The Hall–Kier alpha value is -1.69. The number of pyridine rings is 1. The molecule has 4 fully saturated rings. The van der Waals surface area contributed by atoms with Crippen LogP contribution in [0.4, 0.5) is 5.82 Å². The first-order valence-corrected chi connectivity index (χ1v) is 14.0. The van der Waals surface area contributed by atoms with Crippen LogP contribution in [0.15, 0.2) is 24.4 Å². The molecule has 3 atom stereocenters. The van der Waals surface area contributed by atoms with Crippen LogP contribution in [-0.4, -0.2) is 47.6 Å². The number of rotatable bonds is 4. The van der Waals surface area contributed by atoms with Gasteiger partial charge in [0.2, 0.25) is 5.91 Å². The second-order valence-electron chi connectivity index (χ2n) is 11.9. The number of anilines is 1. The average molecular weight is 496 g/mol. The number of amides is 1. The lowest BCUT2D eigenvalue weighted by molar-refractivity contribution is -0.118. The van der Waals surface area contributed by atoms with Crippen LogP contribution in [0.25, 0.3) is 10.8 Å². The van der Waals surface area contributed by atoms with Crippen molar-refractivity contribution in [2.75, 3.05) is 31.6 Å². The largest absolute Gasteiger partial charge is 0.381 e. The standard InChI is InChI=1S/C29H38ClN3O2/c1-19-4-3-7-28(19,2)33-10-5-20(6-11-33)23-14-21-16-26(31-18-22(21)15-25(23)30)32-27(34)24-17-29(24)8-12-35-13-9-29/h14-16,18-20,24H,3-13,17H2,1-2H3,(H,31,32,34). The van der Waals surface area contributed by atoms with Gasteiger partial charge in [0.25, 0.3) is 0 Å². The van der Waals surface area contributed by atoms with Gasteiger partial charge in [0.05, 0.1) is 0 Å². The molecule has 2 aliphatic carbocycles. The Morgan fingerprint density at radius 2 is 1.89 bits per heavy atom. The predicted molar refractivity (Wildman–Crippen MR) is 141 cm³/mol. The summed E-state index contributed by atoms with van der Waals surface area (Å²) in [5.41, 5.74) is 1.78. The lowest BCUT2D eigenvalue weighted by Crippen LogP contribution is -2.51. The minimum Gasteiger partial charge on any atom is -0.381 e. The van der Waals surface area contributed by atoms with E-state index in [2.05, 4.69) is 41.2 Å². The fourth-order valence-electron chi connectivity index (χ4n) is 7.32. The topological polar surface area (TPSA) is 54.5 Å². The molecule has 0 radical (unpaired) electrons. The van der Waals surface area contributed by atoms with Crippen LogP contribution in [0.5, 0.6) is 0 Å². The van der Waals surface area contributed by atoms with E-state index >= 15 is 0 Å². The third-order valence-electron chi connectivity index (χ3n) is 10.1. The molecule has 2 aliphatic heterocycles. The molecule has 1 N–H and O–H groups in total. The quantitative estimate of drug-likeness (QED) is 0.533. The molecule has 3 heterocycles. The van der Waals surface area contributed by atoms with Crippen molar-refractivity contribution >= 4 is 34.1 Å². The van der Waals surface area contributed by atoms with E-state index in [4.69, 9.17) is 16.3 Å². The third kappa shape index (κ3) is 4.28. The van der Waals surface area contributed by atoms with Crippen molar-refractivity contribution in [1.82, 2.24) is 9.88 Å². The first-order valence-electron chi connectivity index (χ1n) is 13.6. The first-order chi connectivity index (χ1) is 16.9. The number of carbonyl (C=O) groups is 1. The molecule has 4 aliphatic rings. The average Bonchev–Trinajstić information content (AvgIpc) is 3.44. The van der Waals surface area contributed by atoms with Crippen molar-refractivity contribution in [3.8, 4) is 0 Å². The Balaban J connectivity index is 1.15. The summed E-state index contributed by atoms with van der Waals surface area (Å²) in [4.78, 5) is 20.2. The van der Waals surface area contributed by atoms with Crippen LogP contribution in [0.3, 0.4) is 0 Å². The van der Waals surface area contributed by atoms with E-state index in [1.807, 2.05) is 12.3 Å². The van der Waals surface area contributed by atoms with Crippen LogP contribution in [0.1, 0.15) is 76.7 Å². The lowest BCUT2D eigenvalue weighted by atomic mass is 9.83. The summed E-state index contributed by atoms with van der Waals surface area (Å²) in [6.07, 6.45) is 11.1. The second kappa shape index (κ2) is 9.00. The number of fused-ring (bicyclic) bond motifs is 1. The summed E-state index contributed by atoms with van der Waals surface area (Å²) in [7, 11) is 0. The fraction of sp³-hybridized carbons (Fsp3) is 0.655. The van der Waals surface area contributed by atoms with E-state index < -0.39 is 0 Å². The van der Waals surface area contributed by atoms with E-state index in [1.165, 1.54) is 24.8 Å². The van der Waals surface area contributed by atoms with Crippen LogP contribution in [0.2, 0.25) is 5.02 Å². The van der Waals surface area contributed by atoms with Gasteiger partial charge in [-0.25, -0.2) is 4.98 Å². The first kappa shape index (κ1) is 23.7. The molecule has 2 aromatic rings. The van der Waals surface area contributed by atoms with Crippen molar-refractivity contribution < 1.29 is 9.53 Å². The molecule has 2 saturated heterocycles. The van der Waals surface area contributed by atoms with E-state index in [9.17, 15) is 4.79 Å². The molecule has 1 aromatic heterocycles. The van der Waals surface area contributed by atoms with Gasteiger partial charge in [0, 0.05) is 41.3 Å². The van der Waals surface area contributed by atoms with Crippen molar-refractivity contribution in [2.24, 2.45) is 17.3 Å². The summed E-state index contributed by atoms with van der Waals surface area (Å²) in [6, 6.07) is 6.31. The smallest absolute Gasteiger partial charge is 0.229 e. The Labute approximate surface area is 213 Å². The van der Waals surface area contributed by atoms with Crippen LogP contribution in [-0.2, 0) is 9.53 Å². The Bertz CT molecular complexity index is 1120.